The quantitative estimate of drug-likeness (QED) is 0.668. The highest BCUT2D eigenvalue weighted by Gasteiger charge is 2.37. The van der Waals surface area contributed by atoms with Crippen LogP contribution in [0.2, 0.25) is 0 Å². The summed E-state index contributed by atoms with van der Waals surface area (Å²) in [5, 5.41) is 9.43. The molecule has 0 radical (unpaired) electrons. The number of nitrogens with zero attached hydrogens (tertiary/aromatic N) is 2. The van der Waals surface area contributed by atoms with E-state index in [1.165, 1.54) is 0 Å². The first-order valence-electron chi connectivity index (χ1n) is 6.90. The monoisotopic (exact) mass is 300 g/mol. The second-order valence-corrected chi connectivity index (χ2v) is 4.92. The lowest BCUT2D eigenvalue weighted by molar-refractivity contribution is -0.671. The molecule has 6 nitrogen and oxygen atoms in total. The lowest BCUT2D eigenvalue weighted by Crippen LogP contribution is -2.30. The molecule has 114 valence electrons. The molecule has 2 heterocycles. The average molecular weight is 300 g/mol. The molecule has 0 saturated carbocycles. The van der Waals surface area contributed by atoms with Crippen molar-refractivity contribution in [2.45, 2.75) is 19.8 Å². The van der Waals surface area contributed by atoms with Crippen LogP contribution in [0, 0.1) is 11.3 Å². The molecule has 1 aromatic rings. The minimum atomic E-state index is -0.592. The van der Waals surface area contributed by atoms with E-state index in [9.17, 15) is 10.1 Å². The number of ether oxygens (including phenoxy) is 2. The Hall–Kier alpha value is -2.81. The maximum Gasteiger partial charge on any atom is 0.338 e. The van der Waals surface area contributed by atoms with Crippen molar-refractivity contribution in [1.82, 2.24) is 0 Å². The van der Waals surface area contributed by atoms with Crippen LogP contribution < -0.4 is 10.3 Å². The summed E-state index contributed by atoms with van der Waals surface area (Å²) in [6.07, 6.45) is 3.70. The van der Waals surface area contributed by atoms with Gasteiger partial charge in [-0.2, -0.15) is 5.26 Å². The zero-order chi connectivity index (χ0) is 16.3. The van der Waals surface area contributed by atoms with Crippen molar-refractivity contribution >= 4 is 5.97 Å². The number of carbonyl (C=O) groups is 1. The zero-order valence-electron chi connectivity index (χ0n) is 12.8. The molecular weight excluding hydrogens is 282 g/mol. The Morgan fingerprint density at radius 2 is 2.32 bits per heavy atom. The van der Waals surface area contributed by atoms with Crippen LogP contribution in [-0.4, -0.2) is 12.6 Å². The number of nitriles is 1. The lowest BCUT2D eigenvalue weighted by Gasteiger charge is -2.26. The van der Waals surface area contributed by atoms with Gasteiger partial charge in [0.05, 0.1) is 18.1 Å². The number of aryl methyl sites for hydroxylation is 1. The molecule has 6 heteroatoms. The fraction of sp³-hybridized carbons (Fsp3) is 0.312. The van der Waals surface area contributed by atoms with Crippen LogP contribution in [0.1, 0.15) is 25.3 Å². The highest BCUT2D eigenvalue weighted by Crippen LogP contribution is 2.38. The largest absolute Gasteiger partial charge is 0.463 e. The zero-order valence-corrected chi connectivity index (χ0v) is 12.8. The maximum atomic E-state index is 12.3. The van der Waals surface area contributed by atoms with Gasteiger partial charge in [0, 0.05) is 11.6 Å². The number of pyridine rings is 1. The molecule has 0 amide bonds. The predicted octanol–water partition coefficient (Wildman–Crippen LogP) is 1.16. The van der Waals surface area contributed by atoms with Crippen LogP contribution in [0.4, 0.5) is 0 Å². The van der Waals surface area contributed by atoms with E-state index >= 15 is 0 Å². The van der Waals surface area contributed by atoms with Crippen molar-refractivity contribution in [3.8, 4) is 6.07 Å². The molecule has 0 bridgehead atoms. The highest BCUT2D eigenvalue weighted by molar-refractivity contribution is 5.92. The molecule has 1 aliphatic heterocycles. The molecule has 1 aromatic heterocycles. The Kier molecular flexibility index (Phi) is 4.47. The standard InChI is InChI=1S/C16H18N3O3/c1-4-21-16(20)13-10(2)22-15(18)12(8-17)14(13)11-6-5-7-19(3)9-11/h5-7,9,14H,4,18H2,1-3H3/q+1/t14-/m1/s1. The molecule has 0 aliphatic carbocycles. The van der Waals surface area contributed by atoms with Crippen LogP contribution in [0.5, 0.6) is 0 Å². The Morgan fingerprint density at radius 1 is 1.59 bits per heavy atom. The molecule has 22 heavy (non-hydrogen) atoms. The topological polar surface area (TPSA) is 89.2 Å². The number of carbonyl (C=O) groups excluding carboxylic acids is 1. The van der Waals surface area contributed by atoms with Gasteiger partial charge in [-0.3, -0.25) is 0 Å². The van der Waals surface area contributed by atoms with E-state index in [2.05, 4.69) is 0 Å². The van der Waals surface area contributed by atoms with Crippen LogP contribution in [0.3, 0.4) is 0 Å². The molecule has 0 saturated heterocycles. The molecule has 0 unspecified atom stereocenters. The van der Waals surface area contributed by atoms with E-state index in [1.54, 1.807) is 13.8 Å². The van der Waals surface area contributed by atoms with Crippen LogP contribution in [0.15, 0.2) is 47.3 Å². The van der Waals surface area contributed by atoms with Gasteiger partial charge in [-0.15, -0.1) is 0 Å². The normalized spacial score (nSPS) is 17.8. The number of hydrogen-bond acceptors (Lipinski definition) is 5. The SMILES string of the molecule is CCOC(=O)C1=C(C)OC(N)=C(C#N)[C@H]1c1ccc[n+](C)c1. The number of hydrogen-bond donors (Lipinski definition) is 1. The smallest absolute Gasteiger partial charge is 0.338 e. The van der Waals surface area contributed by atoms with Crippen molar-refractivity contribution < 1.29 is 18.8 Å². The fourth-order valence-electron chi connectivity index (χ4n) is 2.47. The number of aromatic nitrogens is 1. The van der Waals surface area contributed by atoms with Gasteiger partial charge in [-0.1, -0.05) is 0 Å². The van der Waals surface area contributed by atoms with Crippen molar-refractivity contribution in [3.05, 3.63) is 52.9 Å². The summed E-state index contributed by atoms with van der Waals surface area (Å²) < 4.78 is 12.3. The van der Waals surface area contributed by atoms with Crippen molar-refractivity contribution in [3.63, 3.8) is 0 Å². The first-order chi connectivity index (χ1) is 10.5. The third-order valence-electron chi connectivity index (χ3n) is 3.40. The van der Waals surface area contributed by atoms with Gasteiger partial charge in [-0.05, 0) is 19.9 Å². The third kappa shape index (κ3) is 2.79. The van der Waals surface area contributed by atoms with Crippen LogP contribution >= 0.6 is 0 Å². The van der Waals surface area contributed by atoms with Crippen molar-refractivity contribution in [2.24, 2.45) is 12.8 Å². The molecule has 2 rings (SSSR count). The van der Waals surface area contributed by atoms with Gasteiger partial charge < -0.3 is 15.2 Å². The summed E-state index contributed by atoms with van der Waals surface area (Å²) in [6.45, 7) is 3.61. The van der Waals surface area contributed by atoms with Gasteiger partial charge in [0.2, 0.25) is 5.88 Å². The molecule has 0 fully saturated rings. The summed E-state index contributed by atoms with van der Waals surface area (Å²) in [6, 6.07) is 5.73. The summed E-state index contributed by atoms with van der Waals surface area (Å²) >= 11 is 0. The Balaban J connectivity index is 2.62. The van der Waals surface area contributed by atoms with Crippen molar-refractivity contribution in [1.29, 1.82) is 5.26 Å². The average Bonchev–Trinajstić information content (AvgIpc) is 2.46. The molecule has 1 atom stereocenters. The molecular formula is C16H18N3O3+. The van der Waals surface area contributed by atoms with E-state index < -0.39 is 11.9 Å². The van der Waals surface area contributed by atoms with Gasteiger partial charge in [0.15, 0.2) is 12.4 Å². The van der Waals surface area contributed by atoms with E-state index in [-0.39, 0.29) is 18.1 Å². The summed E-state index contributed by atoms with van der Waals surface area (Å²) in [7, 11) is 1.86. The second kappa shape index (κ2) is 6.31. The number of allylic oxidation sites excluding steroid dienone is 2. The van der Waals surface area contributed by atoms with Gasteiger partial charge in [-0.25, -0.2) is 9.36 Å². The third-order valence-corrected chi connectivity index (χ3v) is 3.40. The number of rotatable bonds is 3. The van der Waals surface area contributed by atoms with Gasteiger partial charge in [0.25, 0.3) is 0 Å². The first kappa shape index (κ1) is 15.6. The Morgan fingerprint density at radius 3 is 2.91 bits per heavy atom. The molecule has 1 aliphatic rings. The maximum absolute atomic E-state index is 12.3. The minimum Gasteiger partial charge on any atom is -0.463 e. The first-order valence-corrected chi connectivity index (χ1v) is 6.90. The van der Waals surface area contributed by atoms with E-state index in [0.29, 0.717) is 11.3 Å². The van der Waals surface area contributed by atoms with E-state index in [4.69, 9.17) is 15.2 Å². The lowest BCUT2D eigenvalue weighted by atomic mass is 9.84. The van der Waals surface area contributed by atoms with E-state index in [0.717, 1.165) is 5.56 Å². The molecule has 2 N–H and O–H groups in total. The second-order valence-electron chi connectivity index (χ2n) is 4.92. The minimum absolute atomic E-state index is 0.0181. The number of nitrogens with two attached hydrogens (primary N) is 1. The summed E-state index contributed by atoms with van der Waals surface area (Å²) in [5.74, 6) is -0.724. The fourth-order valence-corrected chi connectivity index (χ4v) is 2.47. The van der Waals surface area contributed by atoms with Crippen LogP contribution in [0.25, 0.3) is 0 Å². The summed E-state index contributed by atoms with van der Waals surface area (Å²) in [5.41, 5.74) is 7.11. The Labute approximate surface area is 129 Å². The Bertz CT molecular complexity index is 714. The van der Waals surface area contributed by atoms with Crippen molar-refractivity contribution in [2.75, 3.05) is 6.61 Å². The highest BCUT2D eigenvalue weighted by atomic mass is 16.5. The predicted molar refractivity (Wildman–Crippen MR) is 77.6 cm³/mol. The van der Waals surface area contributed by atoms with Gasteiger partial charge in [0.1, 0.15) is 24.4 Å². The molecule has 0 spiro atoms. The number of esters is 1. The van der Waals surface area contributed by atoms with E-state index in [1.807, 2.05) is 42.2 Å². The van der Waals surface area contributed by atoms with Crippen LogP contribution in [-0.2, 0) is 21.3 Å². The summed E-state index contributed by atoms with van der Waals surface area (Å²) in [4.78, 5) is 12.3. The van der Waals surface area contributed by atoms with Gasteiger partial charge >= 0.3 is 5.97 Å². The molecule has 0 aromatic carbocycles.